The van der Waals surface area contributed by atoms with Crippen LogP contribution in [0.4, 0.5) is 0 Å². The van der Waals surface area contributed by atoms with Gasteiger partial charge in [0.05, 0.1) is 0 Å². The maximum absolute atomic E-state index is 4.30. The van der Waals surface area contributed by atoms with Crippen molar-refractivity contribution in [3.8, 4) is 0 Å². The number of benzene rings is 1. The van der Waals surface area contributed by atoms with Crippen molar-refractivity contribution in [3.05, 3.63) is 65.0 Å². The first-order valence-electron chi connectivity index (χ1n) is 7.02. The quantitative estimate of drug-likeness (QED) is 0.889. The Labute approximate surface area is 114 Å². The molecule has 2 heteroatoms. The summed E-state index contributed by atoms with van der Waals surface area (Å²) in [6.07, 6.45) is 7.31. The predicted molar refractivity (Wildman–Crippen MR) is 78.5 cm³/mol. The van der Waals surface area contributed by atoms with Crippen molar-refractivity contribution in [2.75, 3.05) is 13.6 Å². The molecule has 0 spiro atoms. The molecule has 0 saturated heterocycles. The molecule has 98 valence electrons. The number of nitrogens with one attached hydrogen (secondary N) is 1. The Morgan fingerprint density at radius 3 is 2.84 bits per heavy atom. The van der Waals surface area contributed by atoms with Gasteiger partial charge in [-0.1, -0.05) is 24.3 Å². The maximum Gasteiger partial charge on any atom is 0.0302 e. The average Bonchev–Trinajstić information content (AvgIpc) is 2.44. The molecule has 0 bridgehead atoms. The molecule has 0 amide bonds. The lowest BCUT2D eigenvalue weighted by Crippen LogP contribution is -2.22. The summed E-state index contributed by atoms with van der Waals surface area (Å²) in [6.45, 7) is 1.02. The average molecular weight is 252 g/mol. The summed E-state index contributed by atoms with van der Waals surface area (Å²) in [7, 11) is 2.03. The minimum atomic E-state index is 0.546. The Morgan fingerprint density at radius 1 is 1.11 bits per heavy atom. The summed E-state index contributed by atoms with van der Waals surface area (Å²) < 4.78 is 0. The number of aryl methyl sites for hydroxylation is 2. The van der Waals surface area contributed by atoms with E-state index in [4.69, 9.17) is 0 Å². The van der Waals surface area contributed by atoms with E-state index >= 15 is 0 Å². The first-order valence-corrected chi connectivity index (χ1v) is 7.02. The molecular formula is C17H20N2. The van der Waals surface area contributed by atoms with Gasteiger partial charge in [0.2, 0.25) is 0 Å². The molecule has 19 heavy (non-hydrogen) atoms. The van der Waals surface area contributed by atoms with Crippen molar-refractivity contribution < 1.29 is 0 Å². The second kappa shape index (κ2) is 5.54. The normalized spacial score (nSPS) is 18.1. The van der Waals surface area contributed by atoms with E-state index in [9.17, 15) is 0 Å². The van der Waals surface area contributed by atoms with Gasteiger partial charge in [-0.2, -0.15) is 0 Å². The van der Waals surface area contributed by atoms with Crippen LogP contribution in [0.5, 0.6) is 0 Å². The van der Waals surface area contributed by atoms with Gasteiger partial charge in [-0.15, -0.1) is 0 Å². The number of hydrogen-bond donors (Lipinski definition) is 1. The molecule has 0 fully saturated rings. The highest BCUT2D eigenvalue weighted by atomic mass is 14.8. The lowest BCUT2D eigenvalue weighted by Gasteiger charge is -2.24. The molecule has 2 aromatic rings. The zero-order valence-electron chi connectivity index (χ0n) is 11.4. The van der Waals surface area contributed by atoms with Crippen LogP contribution in [0.15, 0.2) is 42.7 Å². The Hall–Kier alpha value is -1.67. The molecule has 2 nitrogen and oxygen atoms in total. The lowest BCUT2D eigenvalue weighted by molar-refractivity contribution is 0.608. The molecule has 1 N–H and O–H groups in total. The highest BCUT2D eigenvalue weighted by Crippen LogP contribution is 2.29. The smallest absolute Gasteiger partial charge is 0.0302 e. The molecule has 1 aliphatic rings. The Kier molecular flexibility index (Phi) is 3.60. The molecule has 1 aliphatic carbocycles. The number of hydrogen-bond acceptors (Lipinski definition) is 2. The molecule has 0 aliphatic heterocycles. The number of fused-ring (bicyclic) bond motifs is 2. The molecule has 0 saturated carbocycles. The van der Waals surface area contributed by atoms with Gasteiger partial charge in [0, 0.05) is 24.9 Å². The van der Waals surface area contributed by atoms with Gasteiger partial charge >= 0.3 is 0 Å². The third-order valence-electron chi connectivity index (χ3n) is 4.08. The van der Waals surface area contributed by atoms with Gasteiger partial charge in [-0.3, -0.25) is 4.98 Å². The van der Waals surface area contributed by atoms with Crippen LogP contribution in [0.3, 0.4) is 0 Å². The van der Waals surface area contributed by atoms with Crippen molar-refractivity contribution in [1.82, 2.24) is 10.3 Å². The monoisotopic (exact) mass is 252 g/mol. The van der Waals surface area contributed by atoms with Gasteiger partial charge in [0.15, 0.2) is 0 Å². The highest BCUT2D eigenvalue weighted by Gasteiger charge is 2.19. The fourth-order valence-corrected chi connectivity index (χ4v) is 3.12. The highest BCUT2D eigenvalue weighted by molar-refractivity contribution is 5.37. The van der Waals surface area contributed by atoms with Gasteiger partial charge in [0.1, 0.15) is 0 Å². The minimum Gasteiger partial charge on any atom is -0.319 e. The molecule has 0 unspecified atom stereocenters. The van der Waals surface area contributed by atoms with Crippen molar-refractivity contribution in [3.63, 3.8) is 0 Å². The molecule has 1 heterocycles. The van der Waals surface area contributed by atoms with Crippen LogP contribution in [0.25, 0.3) is 0 Å². The van der Waals surface area contributed by atoms with E-state index in [1.165, 1.54) is 22.3 Å². The van der Waals surface area contributed by atoms with Crippen LogP contribution in [-0.4, -0.2) is 18.6 Å². The summed E-state index contributed by atoms with van der Waals surface area (Å²) >= 11 is 0. The van der Waals surface area contributed by atoms with Gasteiger partial charge < -0.3 is 5.32 Å². The van der Waals surface area contributed by atoms with Crippen LogP contribution in [0.2, 0.25) is 0 Å². The molecule has 1 aromatic carbocycles. The molecule has 3 rings (SSSR count). The second-order valence-electron chi connectivity index (χ2n) is 5.30. The first-order chi connectivity index (χ1) is 9.38. The van der Waals surface area contributed by atoms with E-state index in [1.807, 2.05) is 19.4 Å². The minimum absolute atomic E-state index is 0.546. The third-order valence-corrected chi connectivity index (χ3v) is 4.08. The van der Waals surface area contributed by atoms with Gasteiger partial charge in [-0.05, 0) is 54.6 Å². The van der Waals surface area contributed by atoms with Crippen LogP contribution >= 0.6 is 0 Å². The van der Waals surface area contributed by atoms with Crippen molar-refractivity contribution in [1.29, 1.82) is 0 Å². The number of rotatable bonds is 2. The van der Waals surface area contributed by atoms with Crippen molar-refractivity contribution >= 4 is 0 Å². The van der Waals surface area contributed by atoms with Crippen LogP contribution in [0.1, 0.15) is 28.2 Å². The standard InChI is InChI=1S/C17H20N2/c1-18-11-16-10-15-12-19-9-8-13(15)6-7-14-4-2-3-5-17(14)16/h2-5,8-9,12,16,18H,6-7,10-11H2,1H3/t16-/m0/s1. The molecule has 0 radical (unpaired) electrons. The fourth-order valence-electron chi connectivity index (χ4n) is 3.12. The number of likely N-dealkylation sites (N-methyl/N-ethyl adjacent to an activating group) is 1. The van der Waals surface area contributed by atoms with E-state index in [-0.39, 0.29) is 0 Å². The Morgan fingerprint density at radius 2 is 1.95 bits per heavy atom. The summed E-state index contributed by atoms with van der Waals surface area (Å²) in [5.74, 6) is 0.546. The Balaban J connectivity index is 2.02. The van der Waals surface area contributed by atoms with Crippen molar-refractivity contribution in [2.24, 2.45) is 0 Å². The van der Waals surface area contributed by atoms with Crippen LogP contribution in [0, 0.1) is 0 Å². The van der Waals surface area contributed by atoms with E-state index in [0.29, 0.717) is 5.92 Å². The zero-order valence-corrected chi connectivity index (χ0v) is 11.4. The topological polar surface area (TPSA) is 24.9 Å². The lowest BCUT2D eigenvalue weighted by atomic mass is 9.83. The third kappa shape index (κ3) is 2.54. The number of nitrogens with zero attached hydrogens (tertiary/aromatic N) is 1. The number of pyridine rings is 1. The molecule has 1 aromatic heterocycles. The summed E-state index contributed by atoms with van der Waals surface area (Å²) in [6, 6.07) is 11.1. The maximum atomic E-state index is 4.30. The van der Waals surface area contributed by atoms with E-state index in [0.717, 1.165) is 25.8 Å². The first kappa shape index (κ1) is 12.4. The van der Waals surface area contributed by atoms with Crippen molar-refractivity contribution in [2.45, 2.75) is 25.2 Å². The predicted octanol–water partition coefficient (Wildman–Crippen LogP) is 2.73. The van der Waals surface area contributed by atoms with Gasteiger partial charge in [-0.25, -0.2) is 0 Å². The SMILES string of the molecule is CNC[C@@H]1Cc2cnccc2CCc2ccccc21. The fraction of sp³-hybridized carbons (Fsp3) is 0.353. The molecular weight excluding hydrogens is 232 g/mol. The van der Waals surface area contributed by atoms with Crippen LogP contribution < -0.4 is 5.32 Å². The summed E-state index contributed by atoms with van der Waals surface area (Å²) in [4.78, 5) is 4.30. The second-order valence-corrected chi connectivity index (χ2v) is 5.30. The molecule has 1 atom stereocenters. The largest absolute Gasteiger partial charge is 0.319 e. The van der Waals surface area contributed by atoms with E-state index < -0.39 is 0 Å². The van der Waals surface area contributed by atoms with E-state index in [2.05, 4.69) is 40.6 Å². The Bertz CT molecular complexity index is 563. The van der Waals surface area contributed by atoms with E-state index in [1.54, 1.807) is 0 Å². The summed E-state index contributed by atoms with van der Waals surface area (Å²) in [5, 5.41) is 3.34. The van der Waals surface area contributed by atoms with Crippen LogP contribution in [-0.2, 0) is 19.3 Å². The number of aromatic nitrogens is 1. The summed E-state index contributed by atoms with van der Waals surface area (Å²) in [5.41, 5.74) is 5.89. The zero-order chi connectivity index (χ0) is 13.1. The van der Waals surface area contributed by atoms with Gasteiger partial charge in [0.25, 0.3) is 0 Å².